The average Bonchev–Trinajstić information content (AvgIpc) is 3.09. The number of aliphatic carboxylic acids is 1. The minimum Gasteiger partial charge on any atom is -0.478 e. The van der Waals surface area contributed by atoms with Gasteiger partial charge in [-0.05, 0) is 12.5 Å². The van der Waals surface area contributed by atoms with Crippen molar-refractivity contribution in [3.05, 3.63) is 53.3 Å². The summed E-state index contributed by atoms with van der Waals surface area (Å²) in [5.74, 6) is -7.43. The molecule has 1 unspecified atom stereocenters. The molecule has 0 bridgehead atoms. The van der Waals surface area contributed by atoms with Gasteiger partial charge in [0.15, 0.2) is 17.4 Å². The summed E-state index contributed by atoms with van der Waals surface area (Å²) in [4.78, 5) is 44.5. The summed E-state index contributed by atoms with van der Waals surface area (Å²) in [5.41, 5.74) is -1.50. The van der Waals surface area contributed by atoms with Gasteiger partial charge in [0.05, 0.1) is 12.5 Å². The fourth-order valence-corrected chi connectivity index (χ4v) is 3.86. The van der Waals surface area contributed by atoms with Crippen LogP contribution in [0.4, 0.5) is 23.7 Å². The molecule has 168 valence electrons. The second-order valence-electron chi connectivity index (χ2n) is 7.27. The van der Waals surface area contributed by atoms with E-state index in [4.69, 9.17) is 5.11 Å². The Balaban J connectivity index is 1.80. The first-order chi connectivity index (χ1) is 15.2. The van der Waals surface area contributed by atoms with Gasteiger partial charge in [0.2, 0.25) is 0 Å². The first kappa shape index (κ1) is 21.6. The van der Waals surface area contributed by atoms with Crippen molar-refractivity contribution < 1.29 is 37.8 Å². The quantitative estimate of drug-likeness (QED) is 0.657. The number of amides is 2. The van der Waals surface area contributed by atoms with Crippen molar-refractivity contribution >= 4 is 29.3 Å². The number of aliphatic hydroxyl groups excluding tert-OH is 1. The van der Waals surface area contributed by atoms with Crippen molar-refractivity contribution in [1.82, 2.24) is 9.80 Å². The number of rotatable bonds is 5. The molecule has 1 atom stereocenters. The Hall–Kier alpha value is -3.67. The predicted molar refractivity (Wildman–Crippen MR) is 104 cm³/mol. The van der Waals surface area contributed by atoms with Crippen molar-refractivity contribution in [3.63, 3.8) is 0 Å². The number of fused-ring (bicyclic) bond motifs is 1. The predicted octanol–water partition coefficient (Wildman–Crippen LogP) is 1.45. The van der Waals surface area contributed by atoms with E-state index in [0.717, 1.165) is 11.1 Å². The summed E-state index contributed by atoms with van der Waals surface area (Å²) < 4.78 is 42.5. The van der Waals surface area contributed by atoms with Crippen LogP contribution in [0, 0.1) is 23.4 Å². The van der Waals surface area contributed by atoms with Crippen molar-refractivity contribution in [2.45, 2.75) is 6.42 Å². The normalized spacial score (nSPS) is 20.8. The zero-order chi connectivity index (χ0) is 23.2. The molecule has 1 saturated heterocycles. The molecule has 2 amide bonds. The lowest BCUT2D eigenvalue weighted by molar-refractivity contribution is -0.135. The smallest absolute Gasteiger partial charge is 0.340 e. The van der Waals surface area contributed by atoms with Crippen molar-refractivity contribution in [2.24, 2.45) is 10.9 Å². The lowest BCUT2D eigenvalue weighted by atomic mass is 9.88. The highest BCUT2D eigenvalue weighted by molar-refractivity contribution is 6.29. The molecule has 1 fully saturated rings. The molecule has 9 nitrogen and oxygen atoms in total. The highest BCUT2D eigenvalue weighted by Crippen LogP contribution is 2.35. The fraction of sp³-hybridized carbons (Fsp3) is 0.300. The van der Waals surface area contributed by atoms with Crippen LogP contribution in [0.2, 0.25) is 0 Å². The van der Waals surface area contributed by atoms with Crippen LogP contribution >= 0.6 is 0 Å². The Morgan fingerprint density at radius 3 is 2.47 bits per heavy atom. The number of halogens is 3. The topological polar surface area (TPSA) is 114 Å². The third kappa shape index (κ3) is 3.51. The number of carbonyl (C=O) groups is 3. The molecule has 3 aliphatic heterocycles. The number of ketones is 1. The zero-order valence-corrected chi connectivity index (χ0v) is 16.5. The molecule has 3 heterocycles. The van der Waals surface area contributed by atoms with E-state index in [2.05, 4.69) is 4.99 Å². The van der Waals surface area contributed by atoms with Crippen molar-refractivity contribution in [1.29, 1.82) is 0 Å². The Morgan fingerprint density at radius 2 is 1.84 bits per heavy atom. The summed E-state index contributed by atoms with van der Waals surface area (Å²) in [5, 5.41) is 18.5. The minimum absolute atomic E-state index is 0.0671. The van der Waals surface area contributed by atoms with Crippen LogP contribution in [0.5, 0.6) is 0 Å². The van der Waals surface area contributed by atoms with Crippen LogP contribution < -0.4 is 4.90 Å². The fourth-order valence-electron chi connectivity index (χ4n) is 3.86. The molecular formula is C20H17F3N4O5. The number of carboxylic acid groups (broad SMARTS) is 1. The standard InChI is InChI=1S/C20H17F3N4O5/c21-10-7-13(22)16(14(23)8-10)27-9-12(19(30)31)17(29)11-1-2-15(24-18(11)27)26-4-3-25(5-6-28)20(26)32/h2,7-9,11,28H,1,3-6H2,(H,30,31). The summed E-state index contributed by atoms with van der Waals surface area (Å²) in [6.07, 6.45) is 2.14. The number of urea groups is 1. The third-order valence-electron chi connectivity index (χ3n) is 5.36. The molecule has 4 rings (SSSR count). The average molecular weight is 450 g/mol. The van der Waals surface area contributed by atoms with E-state index in [9.17, 15) is 32.7 Å². The van der Waals surface area contributed by atoms with Gasteiger partial charge in [-0.25, -0.2) is 27.8 Å². The number of β-amino-alcohol motifs (C(OH)–C–C–N with tert-alkyl or cyclic N) is 1. The minimum atomic E-state index is -1.59. The van der Waals surface area contributed by atoms with Gasteiger partial charge in [0, 0.05) is 38.0 Å². The number of Topliss-reactive ketones (excluding diaryl/α,β-unsaturated/α-hetero) is 1. The number of amidine groups is 1. The number of nitrogens with zero attached hydrogens (tertiary/aromatic N) is 4. The van der Waals surface area contributed by atoms with E-state index in [-0.39, 0.29) is 37.8 Å². The first-order valence-electron chi connectivity index (χ1n) is 9.62. The van der Waals surface area contributed by atoms with E-state index in [0.29, 0.717) is 18.7 Å². The van der Waals surface area contributed by atoms with E-state index < -0.39 is 52.4 Å². The van der Waals surface area contributed by atoms with Gasteiger partial charge < -0.3 is 15.1 Å². The molecule has 12 heteroatoms. The first-order valence-corrected chi connectivity index (χ1v) is 9.62. The summed E-state index contributed by atoms with van der Waals surface area (Å²) in [6, 6.07) is 0.409. The second kappa shape index (κ2) is 8.11. The number of carboxylic acids is 1. The maximum Gasteiger partial charge on any atom is 0.340 e. The molecule has 0 spiro atoms. The number of anilines is 1. The Kier molecular flexibility index (Phi) is 5.46. The van der Waals surface area contributed by atoms with Crippen molar-refractivity contribution in [2.75, 3.05) is 31.1 Å². The summed E-state index contributed by atoms with van der Waals surface area (Å²) in [7, 11) is 0. The zero-order valence-electron chi connectivity index (χ0n) is 16.5. The monoisotopic (exact) mass is 450 g/mol. The lowest BCUT2D eigenvalue weighted by Crippen LogP contribution is -2.46. The highest BCUT2D eigenvalue weighted by atomic mass is 19.1. The van der Waals surface area contributed by atoms with Crippen molar-refractivity contribution in [3.8, 4) is 0 Å². The Bertz CT molecular complexity index is 1090. The largest absolute Gasteiger partial charge is 0.478 e. The van der Waals surface area contributed by atoms with Gasteiger partial charge in [-0.15, -0.1) is 0 Å². The number of hydrogen-bond acceptors (Lipinski definition) is 6. The maximum absolute atomic E-state index is 14.5. The molecule has 1 aromatic carbocycles. The van der Waals surface area contributed by atoms with Crippen LogP contribution in [0.25, 0.3) is 0 Å². The number of hydrogen-bond donors (Lipinski definition) is 2. The number of aliphatic imine (C=N–C) groups is 1. The molecule has 0 aliphatic carbocycles. The number of allylic oxidation sites excluding steroid dienone is 1. The van der Waals surface area contributed by atoms with Crippen LogP contribution in [0.1, 0.15) is 6.42 Å². The van der Waals surface area contributed by atoms with Gasteiger partial charge in [-0.3, -0.25) is 14.6 Å². The molecule has 0 radical (unpaired) electrons. The number of aliphatic hydroxyl groups is 1. The van der Waals surface area contributed by atoms with E-state index in [1.165, 1.54) is 15.9 Å². The van der Waals surface area contributed by atoms with Crippen LogP contribution in [-0.2, 0) is 9.59 Å². The van der Waals surface area contributed by atoms with E-state index >= 15 is 0 Å². The molecular weight excluding hydrogens is 433 g/mol. The van der Waals surface area contributed by atoms with Crippen LogP contribution in [-0.4, -0.2) is 69.9 Å². The van der Waals surface area contributed by atoms with Gasteiger partial charge in [0.25, 0.3) is 0 Å². The maximum atomic E-state index is 14.5. The third-order valence-corrected chi connectivity index (χ3v) is 5.36. The van der Waals surface area contributed by atoms with Crippen LogP contribution in [0.15, 0.2) is 40.8 Å². The van der Waals surface area contributed by atoms with Gasteiger partial charge in [0.1, 0.15) is 28.7 Å². The molecule has 32 heavy (non-hydrogen) atoms. The number of benzene rings is 1. The molecule has 0 saturated carbocycles. The molecule has 0 aromatic heterocycles. The molecule has 3 aliphatic rings. The van der Waals surface area contributed by atoms with E-state index in [1.54, 1.807) is 0 Å². The summed E-state index contributed by atoms with van der Waals surface area (Å²) in [6.45, 7) is 0.431. The second-order valence-corrected chi connectivity index (χ2v) is 7.27. The van der Waals surface area contributed by atoms with E-state index in [1.807, 2.05) is 0 Å². The number of carbonyl (C=O) groups excluding carboxylic acids is 2. The van der Waals surface area contributed by atoms with Gasteiger partial charge in [-0.1, -0.05) is 0 Å². The van der Waals surface area contributed by atoms with Crippen LogP contribution in [0.3, 0.4) is 0 Å². The van der Waals surface area contributed by atoms with Gasteiger partial charge >= 0.3 is 12.0 Å². The Morgan fingerprint density at radius 1 is 1.16 bits per heavy atom. The Labute approximate surface area is 179 Å². The lowest BCUT2D eigenvalue weighted by Gasteiger charge is -2.35. The summed E-state index contributed by atoms with van der Waals surface area (Å²) >= 11 is 0. The highest BCUT2D eigenvalue weighted by Gasteiger charge is 2.42. The van der Waals surface area contributed by atoms with Gasteiger partial charge in [-0.2, -0.15) is 0 Å². The SMILES string of the molecule is O=C(O)C1=CN(c2c(F)cc(F)cc2F)C2=NC(N3CCN(CCO)C3=O)=CCC2C1=O. The molecule has 2 N–H and O–H groups in total. The molecule has 1 aromatic rings.